The second-order valence-corrected chi connectivity index (χ2v) is 4.52. The number of hydrogen-bond acceptors (Lipinski definition) is 3. The van der Waals surface area contributed by atoms with E-state index in [4.69, 9.17) is 0 Å². The zero-order chi connectivity index (χ0) is 12.0. The lowest BCUT2D eigenvalue weighted by Gasteiger charge is -2.17. The van der Waals surface area contributed by atoms with Crippen LogP contribution in [-0.4, -0.2) is 23.7 Å². The summed E-state index contributed by atoms with van der Waals surface area (Å²) in [5, 5.41) is 5.78. The molecule has 2 nitrogen and oxygen atoms in total. The first-order valence-corrected chi connectivity index (χ1v) is 6.07. The molecule has 0 aliphatic carbocycles. The Morgan fingerprint density at radius 1 is 1.50 bits per heavy atom. The Balaban J connectivity index is 2.41. The molecule has 0 saturated carbocycles. The molecule has 0 radical (unpaired) electrons. The number of alkyl halides is 3. The predicted molar refractivity (Wildman–Crippen MR) is 58.6 cm³/mol. The Labute approximate surface area is 96.9 Å². The zero-order valence-corrected chi connectivity index (χ0v) is 9.87. The monoisotopic (exact) mass is 252 g/mol. The molecule has 0 amide bonds. The van der Waals surface area contributed by atoms with Gasteiger partial charge >= 0.3 is 6.18 Å². The highest BCUT2D eigenvalue weighted by Gasteiger charge is 2.28. The number of nitrogens with one attached hydrogen (secondary N) is 1. The van der Waals surface area contributed by atoms with Crippen LogP contribution in [0.5, 0.6) is 0 Å². The van der Waals surface area contributed by atoms with Gasteiger partial charge in [-0.2, -0.15) is 13.2 Å². The molecule has 1 heterocycles. The van der Waals surface area contributed by atoms with Crippen LogP contribution >= 0.6 is 11.3 Å². The molecule has 0 aromatic carbocycles. The van der Waals surface area contributed by atoms with Crippen molar-refractivity contribution in [3.05, 3.63) is 16.6 Å². The standard InChI is InChI=1S/C10H15F3N2S/c1-2-14-8(3-4-10(11,12)13)7-9-15-5-6-16-9/h5-6,8,14H,2-4,7H2,1H3. The van der Waals surface area contributed by atoms with Crippen LogP contribution in [0.15, 0.2) is 11.6 Å². The van der Waals surface area contributed by atoms with Gasteiger partial charge in [0.05, 0.1) is 5.01 Å². The minimum absolute atomic E-state index is 0.108. The summed E-state index contributed by atoms with van der Waals surface area (Å²) in [5.41, 5.74) is 0. The topological polar surface area (TPSA) is 24.9 Å². The predicted octanol–water partition coefficient (Wildman–Crippen LogP) is 3.01. The van der Waals surface area contributed by atoms with E-state index >= 15 is 0 Å². The van der Waals surface area contributed by atoms with E-state index in [2.05, 4.69) is 10.3 Å². The van der Waals surface area contributed by atoms with E-state index in [1.54, 1.807) is 6.20 Å². The molecule has 92 valence electrons. The fourth-order valence-electron chi connectivity index (χ4n) is 1.47. The molecule has 1 atom stereocenters. The normalized spacial score (nSPS) is 14.0. The maximum atomic E-state index is 12.1. The van der Waals surface area contributed by atoms with Crippen molar-refractivity contribution in [2.45, 2.75) is 38.4 Å². The van der Waals surface area contributed by atoms with Crippen LogP contribution in [0.3, 0.4) is 0 Å². The molecule has 0 aliphatic rings. The van der Waals surface area contributed by atoms with Crippen LogP contribution in [0.1, 0.15) is 24.8 Å². The Morgan fingerprint density at radius 3 is 2.75 bits per heavy atom. The van der Waals surface area contributed by atoms with Crippen LogP contribution in [0.4, 0.5) is 13.2 Å². The van der Waals surface area contributed by atoms with Crippen molar-refractivity contribution in [3.63, 3.8) is 0 Å². The van der Waals surface area contributed by atoms with E-state index in [1.807, 2.05) is 12.3 Å². The van der Waals surface area contributed by atoms with Crippen LogP contribution < -0.4 is 5.32 Å². The minimum atomic E-state index is -4.07. The first kappa shape index (κ1) is 13.4. The number of hydrogen-bond donors (Lipinski definition) is 1. The number of likely N-dealkylation sites (N-methyl/N-ethyl adjacent to an activating group) is 1. The van der Waals surface area contributed by atoms with Crippen molar-refractivity contribution < 1.29 is 13.2 Å². The zero-order valence-electron chi connectivity index (χ0n) is 9.05. The highest BCUT2D eigenvalue weighted by atomic mass is 32.1. The maximum absolute atomic E-state index is 12.1. The maximum Gasteiger partial charge on any atom is 0.389 e. The summed E-state index contributed by atoms with van der Waals surface area (Å²) in [7, 11) is 0. The second kappa shape index (κ2) is 6.20. The van der Waals surface area contributed by atoms with E-state index in [-0.39, 0.29) is 12.5 Å². The summed E-state index contributed by atoms with van der Waals surface area (Å²) in [6.45, 7) is 2.57. The number of rotatable bonds is 6. The minimum Gasteiger partial charge on any atom is -0.314 e. The van der Waals surface area contributed by atoms with Gasteiger partial charge in [-0.15, -0.1) is 11.3 Å². The van der Waals surface area contributed by atoms with Gasteiger partial charge in [-0.1, -0.05) is 6.92 Å². The third-order valence-corrected chi connectivity index (χ3v) is 2.98. The van der Waals surface area contributed by atoms with Crippen molar-refractivity contribution in [2.24, 2.45) is 0 Å². The lowest BCUT2D eigenvalue weighted by atomic mass is 10.1. The molecule has 1 aromatic heterocycles. The molecular weight excluding hydrogens is 237 g/mol. The fraction of sp³-hybridized carbons (Fsp3) is 0.700. The highest BCUT2D eigenvalue weighted by molar-refractivity contribution is 7.09. The molecule has 0 saturated heterocycles. The van der Waals surface area contributed by atoms with Crippen molar-refractivity contribution in [1.82, 2.24) is 10.3 Å². The lowest BCUT2D eigenvalue weighted by molar-refractivity contribution is -0.136. The molecule has 1 aromatic rings. The molecular formula is C10H15F3N2S. The van der Waals surface area contributed by atoms with Crippen LogP contribution in [0.25, 0.3) is 0 Å². The summed E-state index contributed by atoms with van der Waals surface area (Å²) >= 11 is 1.48. The van der Waals surface area contributed by atoms with Crippen LogP contribution in [0, 0.1) is 0 Å². The number of thiazole rings is 1. The Morgan fingerprint density at radius 2 is 2.25 bits per heavy atom. The Bertz CT molecular complexity index is 285. The van der Waals surface area contributed by atoms with Gasteiger partial charge in [-0.25, -0.2) is 4.98 Å². The quantitative estimate of drug-likeness (QED) is 0.841. The highest BCUT2D eigenvalue weighted by Crippen LogP contribution is 2.23. The molecule has 1 rings (SSSR count). The summed E-state index contributed by atoms with van der Waals surface area (Å²) in [6.07, 6.45) is -2.46. The van der Waals surface area contributed by atoms with Crippen molar-refractivity contribution in [2.75, 3.05) is 6.54 Å². The third kappa shape index (κ3) is 5.46. The lowest BCUT2D eigenvalue weighted by Crippen LogP contribution is -2.32. The molecule has 0 spiro atoms. The Kier molecular flexibility index (Phi) is 5.21. The van der Waals surface area contributed by atoms with E-state index in [9.17, 15) is 13.2 Å². The van der Waals surface area contributed by atoms with E-state index in [1.165, 1.54) is 11.3 Å². The van der Waals surface area contributed by atoms with Gasteiger partial charge in [0.15, 0.2) is 0 Å². The average Bonchev–Trinajstić information content (AvgIpc) is 2.66. The first-order chi connectivity index (χ1) is 7.51. The SMILES string of the molecule is CCNC(CCC(F)(F)F)Cc1nccs1. The molecule has 16 heavy (non-hydrogen) atoms. The molecule has 1 unspecified atom stereocenters. The second-order valence-electron chi connectivity index (χ2n) is 3.54. The van der Waals surface area contributed by atoms with Crippen molar-refractivity contribution in [3.8, 4) is 0 Å². The summed E-state index contributed by atoms with van der Waals surface area (Å²) in [4.78, 5) is 4.08. The average molecular weight is 252 g/mol. The van der Waals surface area contributed by atoms with Gasteiger partial charge in [0.25, 0.3) is 0 Å². The van der Waals surface area contributed by atoms with Gasteiger partial charge in [0.2, 0.25) is 0 Å². The van der Waals surface area contributed by atoms with E-state index < -0.39 is 12.6 Å². The van der Waals surface area contributed by atoms with Gasteiger partial charge < -0.3 is 5.32 Å². The van der Waals surface area contributed by atoms with Crippen LogP contribution in [0.2, 0.25) is 0 Å². The van der Waals surface area contributed by atoms with E-state index in [0.29, 0.717) is 13.0 Å². The third-order valence-electron chi connectivity index (χ3n) is 2.17. The van der Waals surface area contributed by atoms with Crippen molar-refractivity contribution in [1.29, 1.82) is 0 Å². The number of nitrogens with zero attached hydrogens (tertiary/aromatic N) is 1. The molecule has 0 fully saturated rings. The van der Waals surface area contributed by atoms with E-state index in [0.717, 1.165) is 5.01 Å². The first-order valence-electron chi connectivity index (χ1n) is 5.19. The fourth-order valence-corrected chi connectivity index (χ4v) is 2.17. The van der Waals surface area contributed by atoms with Gasteiger partial charge in [-0.05, 0) is 13.0 Å². The van der Waals surface area contributed by atoms with Crippen LogP contribution in [-0.2, 0) is 6.42 Å². The molecule has 1 N–H and O–H groups in total. The molecule has 6 heteroatoms. The number of aromatic nitrogens is 1. The Hall–Kier alpha value is -0.620. The summed E-state index contributed by atoms with van der Waals surface area (Å²) in [5.74, 6) is 0. The van der Waals surface area contributed by atoms with Gasteiger partial charge in [0, 0.05) is 30.5 Å². The molecule has 0 bridgehead atoms. The summed E-state index contributed by atoms with van der Waals surface area (Å²) in [6, 6.07) is -0.141. The molecule has 0 aliphatic heterocycles. The largest absolute Gasteiger partial charge is 0.389 e. The van der Waals surface area contributed by atoms with Gasteiger partial charge in [0.1, 0.15) is 0 Å². The van der Waals surface area contributed by atoms with Crippen molar-refractivity contribution >= 4 is 11.3 Å². The number of halogens is 3. The smallest absolute Gasteiger partial charge is 0.314 e. The van der Waals surface area contributed by atoms with Gasteiger partial charge in [-0.3, -0.25) is 0 Å². The summed E-state index contributed by atoms with van der Waals surface area (Å²) < 4.78 is 36.3.